The number of fused-ring (bicyclic) bond motifs is 1. The maximum absolute atomic E-state index is 11.7. The summed E-state index contributed by atoms with van der Waals surface area (Å²) < 4.78 is 6.29. The lowest BCUT2D eigenvalue weighted by Gasteiger charge is -2.05. The molecular formula is C17H14N2O3. The van der Waals surface area contributed by atoms with Crippen LogP contribution in [0.15, 0.2) is 30.7 Å². The normalized spacial score (nSPS) is 14.3. The lowest BCUT2D eigenvalue weighted by molar-refractivity contribution is -0.126. The number of nitrogens with zero attached hydrogens (tertiary/aromatic N) is 2. The third kappa shape index (κ3) is 2.77. The van der Waals surface area contributed by atoms with Crippen LogP contribution in [-0.4, -0.2) is 29.0 Å². The standard InChI is InChI=1S/C17H14N2O3/c1-22-11-16(17(21)10-20)19-15-8-13(5-4-12-2-3-12)6-7-14(15)9-18-19/h6-12H,2-3H2,1H3/b16-11-. The number of carbonyl (C=O) groups is 2. The first kappa shape index (κ1) is 14.1. The average Bonchev–Trinajstić information content (AvgIpc) is 3.28. The number of ketones is 1. The Bertz CT molecular complexity index is 832. The van der Waals surface area contributed by atoms with Crippen molar-refractivity contribution in [2.45, 2.75) is 12.8 Å². The number of carbonyl (C=O) groups excluding carboxylic acids is 2. The minimum atomic E-state index is -0.693. The summed E-state index contributed by atoms with van der Waals surface area (Å²) in [7, 11) is 1.41. The Morgan fingerprint density at radius 3 is 2.95 bits per heavy atom. The van der Waals surface area contributed by atoms with Gasteiger partial charge in [0.15, 0.2) is 12.0 Å². The molecule has 0 saturated heterocycles. The van der Waals surface area contributed by atoms with Gasteiger partial charge in [0.25, 0.3) is 0 Å². The van der Waals surface area contributed by atoms with Crippen molar-refractivity contribution in [1.29, 1.82) is 0 Å². The van der Waals surface area contributed by atoms with Crippen LogP contribution in [0.2, 0.25) is 0 Å². The first-order valence-corrected chi connectivity index (χ1v) is 6.95. The molecule has 1 aliphatic carbocycles. The summed E-state index contributed by atoms with van der Waals surface area (Å²) in [6.45, 7) is 0. The van der Waals surface area contributed by atoms with Crippen LogP contribution in [0.1, 0.15) is 18.4 Å². The third-order valence-corrected chi connectivity index (χ3v) is 3.39. The van der Waals surface area contributed by atoms with Crippen molar-refractivity contribution in [3.05, 3.63) is 36.2 Å². The predicted molar refractivity (Wildman–Crippen MR) is 81.7 cm³/mol. The van der Waals surface area contributed by atoms with Crippen molar-refractivity contribution < 1.29 is 14.3 Å². The van der Waals surface area contributed by atoms with Crippen LogP contribution in [0.4, 0.5) is 0 Å². The maximum atomic E-state index is 11.7. The maximum Gasteiger partial charge on any atom is 0.246 e. The predicted octanol–water partition coefficient (Wildman–Crippen LogP) is 2.01. The second-order valence-electron chi connectivity index (χ2n) is 5.09. The van der Waals surface area contributed by atoms with Gasteiger partial charge in [0, 0.05) is 16.9 Å². The summed E-state index contributed by atoms with van der Waals surface area (Å²) in [5.41, 5.74) is 1.64. The molecule has 1 heterocycles. The van der Waals surface area contributed by atoms with Gasteiger partial charge >= 0.3 is 0 Å². The number of aldehydes is 1. The molecule has 3 rings (SSSR count). The van der Waals surface area contributed by atoms with Crippen LogP contribution in [0.5, 0.6) is 0 Å². The van der Waals surface area contributed by atoms with E-state index in [2.05, 4.69) is 16.9 Å². The Hall–Kier alpha value is -2.87. The van der Waals surface area contributed by atoms with Crippen LogP contribution in [0.25, 0.3) is 16.6 Å². The molecule has 1 saturated carbocycles. The summed E-state index contributed by atoms with van der Waals surface area (Å²) >= 11 is 0. The fourth-order valence-electron chi connectivity index (χ4n) is 2.09. The molecule has 0 aliphatic heterocycles. The van der Waals surface area contributed by atoms with Crippen molar-refractivity contribution in [1.82, 2.24) is 9.78 Å². The van der Waals surface area contributed by atoms with Crippen LogP contribution in [0, 0.1) is 17.8 Å². The van der Waals surface area contributed by atoms with Crippen molar-refractivity contribution in [3.63, 3.8) is 0 Å². The second kappa shape index (κ2) is 5.86. The zero-order valence-corrected chi connectivity index (χ0v) is 12.1. The molecule has 1 aromatic carbocycles. The van der Waals surface area contributed by atoms with E-state index in [1.54, 1.807) is 6.20 Å². The van der Waals surface area contributed by atoms with Gasteiger partial charge in [-0.25, -0.2) is 4.68 Å². The minimum absolute atomic E-state index is 0.0693. The molecule has 5 nitrogen and oxygen atoms in total. The highest BCUT2D eigenvalue weighted by atomic mass is 16.5. The van der Waals surface area contributed by atoms with Gasteiger partial charge in [0.05, 0.1) is 18.8 Å². The van der Waals surface area contributed by atoms with E-state index in [1.165, 1.54) is 30.9 Å². The van der Waals surface area contributed by atoms with E-state index in [0.29, 0.717) is 11.4 Å². The smallest absolute Gasteiger partial charge is 0.246 e. The van der Waals surface area contributed by atoms with Crippen LogP contribution >= 0.6 is 0 Å². The number of hydrogen-bond donors (Lipinski definition) is 0. The Morgan fingerprint density at radius 1 is 1.45 bits per heavy atom. The monoisotopic (exact) mass is 294 g/mol. The van der Waals surface area contributed by atoms with E-state index in [4.69, 9.17) is 4.74 Å². The number of allylic oxidation sites excluding steroid dienone is 1. The SMILES string of the molecule is CO/C=C(/C(=O)C=O)n1ncc2ccc(C#CC3CC3)cc21. The van der Waals surface area contributed by atoms with Gasteiger partial charge in [-0.2, -0.15) is 5.10 Å². The molecule has 2 aromatic rings. The zero-order chi connectivity index (χ0) is 15.5. The van der Waals surface area contributed by atoms with Gasteiger partial charge in [-0.15, -0.1) is 0 Å². The molecule has 0 bridgehead atoms. The second-order valence-corrected chi connectivity index (χ2v) is 5.09. The molecule has 22 heavy (non-hydrogen) atoms. The molecule has 1 fully saturated rings. The summed E-state index contributed by atoms with van der Waals surface area (Å²) in [5, 5.41) is 5.03. The summed E-state index contributed by atoms with van der Waals surface area (Å²) in [4.78, 5) is 22.5. The summed E-state index contributed by atoms with van der Waals surface area (Å²) in [5.74, 6) is 6.15. The summed E-state index contributed by atoms with van der Waals surface area (Å²) in [6.07, 6.45) is 5.43. The molecule has 0 amide bonds. The molecule has 0 unspecified atom stereocenters. The van der Waals surface area contributed by atoms with Gasteiger partial charge in [0.1, 0.15) is 6.26 Å². The van der Waals surface area contributed by atoms with Crippen molar-refractivity contribution in [2.75, 3.05) is 7.11 Å². The topological polar surface area (TPSA) is 61.2 Å². The van der Waals surface area contributed by atoms with Gasteiger partial charge in [-0.3, -0.25) is 9.59 Å². The van der Waals surface area contributed by atoms with E-state index < -0.39 is 5.78 Å². The van der Waals surface area contributed by atoms with Gasteiger partial charge in [0.2, 0.25) is 5.78 Å². The average molecular weight is 294 g/mol. The van der Waals surface area contributed by atoms with Gasteiger partial charge < -0.3 is 4.74 Å². The summed E-state index contributed by atoms with van der Waals surface area (Å²) in [6, 6.07) is 5.68. The number of aromatic nitrogens is 2. The number of hydrogen-bond acceptors (Lipinski definition) is 4. The number of methoxy groups -OCH3 is 1. The van der Waals surface area contributed by atoms with E-state index in [0.717, 1.165) is 10.9 Å². The molecule has 5 heteroatoms. The number of Topliss-reactive ketones (excluding diaryl/α,β-unsaturated/α-hetero) is 1. The number of rotatable bonds is 4. The first-order valence-electron chi connectivity index (χ1n) is 6.95. The minimum Gasteiger partial charge on any atom is -0.502 e. The van der Waals surface area contributed by atoms with E-state index in [-0.39, 0.29) is 12.0 Å². The lowest BCUT2D eigenvalue weighted by atomic mass is 10.1. The van der Waals surface area contributed by atoms with Crippen LogP contribution < -0.4 is 0 Å². The fourth-order valence-corrected chi connectivity index (χ4v) is 2.09. The number of benzene rings is 1. The molecular weight excluding hydrogens is 280 g/mol. The first-order chi connectivity index (χ1) is 10.7. The van der Waals surface area contributed by atoms with Crippen molar-refractivity contribution >= 4 is 28.7 Å². The Kier molecular flexibility index (Phi) is 3.75. The molecule has 0 radical (unpaired) electrons. The highest BCUT2D eigenvalue weighted by molar-refractivity contribution is 6.43. The van der Waals surface area contributed by atoms with Crippen molar-refractivity contribution in [3.8, 4) is 11.8 Å². The lowest BCUT2D eigenvalue weighted by Crippen LogP contribution is -2.11. The molecule has 1 aromatic heterocycles. The Balaban J connectivity index is 2.07. The molecule has 0 N–H and O–H groups in total. The van der Waals surface area contributed by atoms with E-state index >= 15 is 0 Å². The fraction of sp³-hybridized carbons (Fsp3) is 0.235. The molecule has 0 spiro atoms. The van der Waals surface area contributed by atoms with E-state index in [9.17, 15) is 9.59 Å². The number of ether oxygens (including phenoxy) is 1. The zero-order valence-electron chi connectivity index (χ0n) is 12.1. The van der Waals surface area contributed by atoms with Gasteiger partial charge in [-0.05, 0) is 31.0 Å². The quantitative estimate of drug-likeness (QED) is 0.284. The molecule has 110 valence electrons. The largest absolute Gasteiger partial charge is 0.502 e. The Morgan fingerprint density at radius 2 is 2.27 bits per heavy atom. The third-order valence-electron chi connectivity index (χ3n) is 3.39. The highest BCUT2D eigenvalue weighted by Gasteiger charge is 2.18. The molecule has 0 atom stereocenters. The van der Waals surface area contributed by atoms with E-state index in [1.807, 2.05) is 18.2 Å². The van der Waals surface area contributed by atoms with Crippen LogP contribution in [0.3, 0.4) is 0 Å². The molecule has 1 aliphatic rings. The van der Waals surface area contributed by atoms with Crippen LogP contribution in [-0.2, 0) is 14.3 Å². The van der Waals surface area contributed by atoms with Gasteiger partial charge in [-0.1, -0.05) is 11.8 Å². The Labute approximate surface area is 127 Å². The highest BCUT2D eigenvalue weighted by Crippen LogP contribution is 2.27. The van der Waals surface area contributed by atoms with Crippen molar-refractivity contribution in [2.24, 2.45) is 5.92 Å².